The molecule has 88 valence electrons. The lowest BCUT2D eigenvalue weighted by molar-refractivity contribution is 1.11. The van der Waals surface area contributed by atoms with Crippen LogP contribution in [0.1, 0.15) is 6.42 Å². The quantitative estimate of drug-likeness (QED) is 0.585. The Hall–Kier alpha value is 1.40. The predicted octanol–water partition coefficient (Wildman–Crippen LogP) is 3.86. The molecule has 4 heteroatoms. The summed E-state index contributed by atoms with van der Waals surface area (Å²) in [5, 5.41) is 1.40. The Bertz CT molecular complexity index is 129. The standard InChI is InChI=1S/C10H24S4/c1-11-6-5-8-14(4,10-13-3)9-7-12-2/h5-10H2,1-4H3. The van der Waals surface area contributed by atoms with Gasteiger partial charge in [0, 0.05) is 10.8 Å². The van der Waals surface area contributed by atoms with Gasteiger partial charge in [0.2, 0.25) is 0 Å². The fourth-order valence-electron chi connectivity index (χ4n) is 1.34. The van der Waals surface area contributed by atoms with E-state index in [0.717, 1.165) is 0 Å². The normalized spacial score (nSPS) is 17.7. The summed E-state index contributed by atoms with van der Waals surface area (Å²) in [6.07, 6.45) is 10.6. The number of rotatable bonds is 9. The monoisotopic (exact) mass is 272 g/mol. The molecule has 1 atom stereocenters. The van der Waals surface area contributed by atoms with Gasteiger partial charge in [-0.3, -0.25) is 0 Å². The van der Waals surface area contributed by atoms with Gasteiger partial charge in [-0.1, -0.05) is 0 Å². The summed E-state index contributed by atoms with van der Waals surface area (Å²) < 4.78 is 0. The molecule has 0 aromatic carbocycles. The van der Waals surface area contributed by atoms with Crippen LogP contribution in [0.4, 0.5) is 0 Å². The lowest BCUT2D eigenvalue weighted by Crippen LogP contribution is -2.12. The van der Waals surface area contributed by atoms with Crippen molar-refractivity contribution in [2.45, 2.75) is 6.42 Å². The molecular weight excluding hydrogens is 248 g/mol. The van der Waals surface area contributed by atoms with Crippen LogP contribution in [0.3, 0.4) is 0 Å². The molecule has 0 amide bonds. The molecular formula is C10H24S4. The molecule has 0 heterocycles. The maximum atomic E-state index is 2.54. The van der Waals surface area contributed by atoms with Crippen molar-refractivity contribution >= 4 is 45.3 Å². The Morgan fingerprint density at radius 1 is 0.857 bits per heavy atom. The molecule has 14 heavy (non-hydrogen) atoms. The van der Waals surface area contributed by atoms with E-state index in [2.05, 4.69) is 25.0 Å². The summed E-state index contributed by atoms with van der Waals surface area (Å²) in [5.74, 6) is 5.64. The third-order valence-corrected chi connectivity index (χ3v) is 9.42. The van der Waals surface area contributed by atoms with Crippen molar-refractivity contribution in [1.82, 2.24) is 0 Å². The van der Waals surface area contributed by atoms with Crippen molar-refractivity contribution in [2.24, 2.45) is 0 Å². The van der Waals surface area contributed by atoms with E-state index in [9.17, 15) is 0 Å². The third-order valence-electron chi connectivity index (χ3n) is 2.17. The Morgan fingerprint density at radius 3 is 2.00 bits per heavy atom. The van der Waals surface area contributed by atoms with Crippen LogP contribution in [0.5, 0.6) is 0 Å². The summed E-state index contributed by atoms with van der Waals surface area (Å²) >= 11 is 6.02. The summed E-state index contributed by atoms with van der Waals surface area (Å²) in [4.78, 5) is 0. The van der Waals surface area contributed by atoms with Gasteiger partial charge in [-0.2, -0.15) is 35.3 Å². The maximum absolute atomic E-state index is 2.54. The van der Waals surface area contributed by atoms with Crippen molar-refractivity contribution in [1.29, 1.82) is 0 Å². The zero-order chi connectivity index (χ0) is 10.9. The van der Waals surface area contributed by atoms with Crippen molar-refractivity contribution in [2.75, 3.05) is 53.1 Å². The summed E-state index contributed by atoms with van der Waals surface area (Å²) in [6, 6.07) is 0. The van der Waals surface area contributed by atoms with Gasteiger partial charge in [-0.25, -0.2) is 10.0 Å². The molecule has 0 bridgehead atoms. The summed E-state index contributed by atoms with van der Waals surface area (Å²) in [5.41, 5.74) is 0. The fraction of sp³-hybridized carbons (Fsp3) is 1.00. The Balaban J connectivity index is 3.82. The minimum Gasteiger partial charge on any atom is -0.234 e. The fourth-order valence-corrected chi connectivity index (χ4v) is 8.50. The molecule has 0 aliphatic carbocycles. The van der Waals surface area contributed by atoms with Crippen LogP contribution < -0.4 is 0 Å². The Labute approximate surface area is 104 Å². The zero-order valence-corrected chi connectivity index (χ0v) is 13.1. The number of hydrogen-bond donors (Lipinski definition) is 0. The molecule has 0 N–H and O–H groups in total. The molecule has 1 unspecified atom stereocenters. The van der Waals surface area contributed by atoms with Crippen LogP contribution in [-0.4, -0.2) is 53.1 Å². The predicted molar refractivity (Wildman–Crippen MR) is 83.0 cm³/mol. The first-order valence-corrected chi connectivity index (χ1v) is 11.6. The summed E-state index contributed by atoms with van der Waals surface area (Å²) in [6.45, 7) is 0. The van der Waals surface area contributed by atoms with Crippen LogP contribution in [0, 0.1) is 0 Å². The van der Waals surface area contributed by atoms with E-state index >= 15 is 0 Å². The molecule has 0 spiro atoms. The highest BCUT2D eigenvalue weighted by Crippen LogP contribution is 2.47. The Morgan fingerprint density at radius 2 is 1.50 bits per heavy atom. The SMILES string of the molecule is CSCCCS(C)(CCSC)CSC. The van der Waals surface area contributed by atoms with Crippen LogP contribution in [0.25, 0.3) is 0 Å². The second-order valence-corrected chi connectivity index (χ2v) is 10.9. The minimum atomic E-state index is -0.295. The third kappa shape index (κ3) is 7.66. The van der Waals surface area contributed by atoms with E-state index in [4.69, 9.17) is 0 Å². The van der Waals surface area contributed by atoms with Gasteiger partial charge in [0.1, 0.15) is 0 Å². The molecule has 0 rings (SSSR count). The molecule has 0 aliphatic heterocycles. The molecule has 0 nitrogen and oxygen atoms in total. The molecule has 0 fully saturated rings. The van der Waals surface area contributed by atoms with E-state index in [1.807, 2.05) is 35.3 Å². The highest BCUT2D eigenvalue weighted by molar-refractivity contribution is 8.39. The molecule has 0 aromatic rings. The van der Waals surface area contributed by atoms with Gasteiger partial charge < -0.3 is 0 Å². The number of thioether (sulfide) groups is 3. The van der Waals surface area contributed by atoms with Gasteiger partial charge in [0.25, 0.3) is 0 Å². The largest absolute Gasteiger partial charge is 0.234 e. The zero-order valence-electron chi connectivity index (χ0n) is 9.88. The smallest absolute Gasteiger partial charge is 0.0231 e. The van der Waals surface area contributed by atoms with Crippen LogP contribution in [-0.2, 0) is 0 Å². The van der Waals surface area contributed by atoms with Crippen LogP contribution >= 0.6 is 45.3 Å². The molecule has 0 radical (unpaired) electrons. The van der Waals surface area contributed by atoms with E-state index in [1.54, 1.807) is 0 Å². The van der Waals surface area contributed by atoms with E-state index in [1.165, 1.54) is 34.5 Å². The Kier molecular flexibility index (Phi) is 10.6. The molecule has 0 saturated carbocycles. The highest BCUT2D eigenvalue weighted by atomic mass is 32.3. The van der Waals surface area contributed by atoms with E-state index < -0.39 is 0 Å². The second-order valence-electron chi connectivity index (χ2n) is 3.63. The van der Waals surface area contributed by atoms with E-state index in [-0.39, 0.29) is 10.0 Å². The molecule has 0 saturated heterocycles. The lowest BCUT2D eigenvalue weighted by Gasteiger charge is -2.35. The van der Waals surface area contributed by atoms with Crippen LogP contribution in [0.15, 0.2) is 0 Å². The maximum Gasteiger partial charge on any atom is 0.0231 e. The van der Waals surface area contributed by atoms with E-state index in [0.29, 0.717) is 0 Å². The van der Waals surface area contributed by atoms with Gasteiger partial charge in [-0.15, -0.1) is 0 Å². The van der Waals surface area contributed by atoms with Crippen LogP contribution in [0.2, 0.25) is 0 Å². The minimum absolute atomic E-state index is 0.295. The molecule has 0 aliphatic rings. The van der Waals surface area contributed by atoms with Crippen molar-refractivity contribution in [3.8, 4) is 0 Å². The topological polar surface area (TPSA) is 0 Å². The first kappa shape index (κ1) is 15.4. The van der Waals surface area contributed by atoms with Gasteiger partial charge in [0.15, 0.2) is 0 Å². The number of hydrogen-bond acceptors (Lipinski definition) is 3. The second kappa shape index (κ2) is 9.61. The lowest BCUT2D eigenvalue weighted by atomic mass is 10.6. The van der Waals surface area contributed by atoms with Crippen molar-refractivity contribution in [3.05, 3.63) is 0 Å². The average molecular weight is 273 g/mol. The van der Waals surface area contributed by atoms with Crippen molar-refractivity contribution in [3.63, 3.8) is 0 Å². The van der Waals surface area contributed by atoms with Gasteiger partial charge >= 0.3 is 0 Å². The summed E-state index contributed by atoms with van der Waals surface area (Å²) in [7, 11) is -0.295. The molecule has 0 aromatic heterocycles. The van der Waals surface area contributed by atoms with Gasteiger partial charge in [-0.05, 0) is 48.7 Å². The van der Waals surface area contributed by atoms with Gasteiger partial charge in [0.05, 0.1) is 0 Å². The van der Waals surface area contributed by atoms with Crippen molar-refractivity contribution < 1.29 is 0 Å². The average Bonchev–Trinajstić information content (AvgIpc) is 2.16. The first-order valence-electron chi connectivity index (χ1n) is 4.87. The highest BCUT2D eigenvalue weighted by Gasteiger charge is 2.16. The first-order chi connectivity index (χ1) is 6.68.